The Labute approximate surface area is 176 Å². The molecule has 1 saturated heterocycles. The van der Waals surface area contributed by atoms with Crippen LogP contribution >= 0.6 is 0 Å². The molecule has 6 nitrogen and oxygen atoms in total. The molecule has 3 fully saturated rings. The molecular weight excluding hydrogens is 368 g/mol. The molecule has 0 aromatic heterocycles. The van der Waals surface area contributed by atoms with Gasteiger partial charge in [-0.2, -0.15) is 4.89 Å². The molecule has 2 unspecified atom stereocenters. The fraction of sp³-hybridized carbons (Fsp3) is 0.870. The summed E-state index contributed by atoms with van der Waals surface area (Å²) < 4.78 is 5.49. The third kappa shape index (κ3) is 5.53. The molecule has 2 atom stereocenters. The van der Waals surface area contributed by atoms with Gasteiger partial charge in [0.15, 0.2) is 5.76 Å². The van der Waals surface area contributed by atoms with Crippen LogP contribution in [0.5, 0.6) is 0 Å². The van der Waals surface area contributed by atoms with Crippen molar-refractivity contribution in [3.8, 4) is 0 Å². The molecule has 0 bridgehead atoms. The molecule has 0 radical (unpaired) electrons. The summed E-state index contributed by atoms with van der Waals surface area (Å²) in [4.78, 5) is 23.7. The lowest BCUT2D eigenvalue weighted by molar-refractivity contribution is -0.274. The first kappa shape index (κ1) is 22.6. The average Bonchev–Trinajstić information content (AvgIpc) is 2.71. The number of carbonyl (C=O) groups excluding carboxylic acids is 1. The van der Waals surface area contributed by atoms with E-state index < -0.39 is 5.66 Å². The lowest BCUT2D eigenvalue weighted by atomic mass is 9.64. The Morgan fingerprint density at radius 3 is 2.24 bits per heavy atom. The van der Waals surface area contributed by atoms with Gasteiger partial charge in [0.1, 0.15) is 5.66 Å². The van der Waals surface area contributed by atoms with Crippen LogP contribution in [0, 0.1) is 11.8 Å². The zero-order valence-corrected chi connectivity index (χ0v) is 18.3. The van der Waals surface area contributed by atoms with E-state index in [4.69, 9.17) is 14.5 Å². The van der Waals surface area contributed by atoms with Crippen molar-refractivity contribution < 1.29 is 19.3 Å². The number of hydrogen-bond donors (Lipinski definition) is 2. The minimum atomic E-state index is -0.833. The van der Waals surface area contributed by atoms with Gasteiger partial charge in [-0.25, -0.2) is 0 Å². The largest absolute Gasteiger partial charge is 0.466 e. The number of unbranched alkanes of at least 4 members (excludes halogenated alkanes) is 2. The van der Waals surface area contributed by atoms with Gasteiger partial charge in [0.2, 0.25) is 0 Å². The van der Waals surface area contributed by atoms with E-state index in [2.05, 4.69) is 31.1 Å². The molecule has 166 valence electrons. The van der Waals surface area contributed by atoms with Gasteiger partial charge in [0, 0.05) is 12.1 Å². The molecule has 3 aliphatic rings. The van der Waals surface area contributed by atoms with Crippen molar-refractivity contribution in [1.82, 2.24) is 10.6 Å². The SMILES string of the molecule is C=C(OOCCCC)C1(CC(=O)OCCCC)NC2CCCC3CCCC(N1)C32. The first-order valence-electron chi connectivity index (χ1n) is 11.8. The number of nitrogens with one attached hydrogen (secondary N) is 2. The van der Waals surface area contributed by atoms with Gasteiger partial charge in [0.05, 0.1) is 19.6 Å². The van der Waals surface area contributed by atoms with Crippen LogP contribution in [0.2, 0.25) is 0 Å². The Morgan fingerprint density at radius 1 is 1.00 bits per heavy atom. The summed E-state index contributed by atoms with van der Waals surface area (Å²) in [7, 11) is 0. The first-order valence-corrected chi connectivity index (χ1v) is 11.8. The van der Waals surface area contributed by atoms with Gasteiger partial charge >= 0.3 is 5.97 Å². The van der Waals surface area contributed by atoms with Crippen LogP contribution in [0.15, 0.2) is 12.3 Å². The van der Waals surface area contributed by atoms with Crippen LogP contribution in [0.25, 0.3) is 0 Å². The summed E-state index contributed by atoms with van der Waals surface area (Å²) in [6.07, 6.45) is 11.4. The molecule has 0 amide bonds. The Morgan fingerprint density at radius 2 is 1.62 bits per heavy atom. The summed E-state index contributed by atoms with van der Waals surface area (Å²) in [6, 6.07) is 0.750. The number of ether oxygens (including phenoxy) is 1. The minimum Gasteiger partial charge on any atom is -0.466 e. The van der Waals surface area contributed by atoms with Crippen molar-refractivity contribution in [2.75, 3.05) is 13.2 Å². The van der Waals surface area contributed by atoms with E-state index in [1.807, 2.05) is 0 Å². The van der Waals surface area contributed by atoms with Crippen LogP contribution in [0.4, 0.5) is 0 Å². The number of carbonyl (C=O) groups is 1. The van der Waals surface area contributed by atoms with Gasteiger partial charge in [0.25, 0.3) is 0 Å². The van der Waals surface area contributed by atoms with E-state index >= 15 is 0 Å². The molecular formula is C23H40N2O4. The summed E-state index contributed by atoms with van der Waals surface area (Å²) in [5.41, 5.74) is -0.833. The van der Waals surface area contributed by atoms with Gasteiger partial charge in [-0.1, -0.05) is 59.0 Å². The van der Waals surface area contributed by atoms with Crippen LogP contribution in [0.3, 0.4) is 0 Å². The quantitative estimate of drug-likeness (QED) is 0.175. The van der Waals surface area contributed by atoms with E-state index in [1.165, 1.54) is 25.7 Å². The number of rotatable bonds is 11. The van der Waals surface area contributed by atoms with E-state index in [-0.39, 0.29) is 12.4 Å². The van der Waals surface area contributed by atoms with E-state index in [0.717, 1.165) is 44.4 Å². The topological polar surface area (TPSA) is 68.8 Å². The maximum absolute atomic E-state index is 12.7. The van der Waals surface area contributed by atoms with E-state index in [0.29, 0.717) is 37.0 Å². The first-order chi connectivity index (χ1) is 14.1. The number of esters is 1. The molecule has 0 aromatic rings. The Hall–Kier alpha value is -1.11. The molecule has 0 spiro atoms. The minimum absolute atomic E-state index is 0.164. The average molecular weight is 409 g/mol. The van der Waals surface area contributed by atoms with Crippen molar-refractivity contribution in [3.63, 3.8) is 0 Å². The highest BCUT2D eigenvalue weighted by Gasteiger charge is 2.53. The van der Waals surface area contributed by atoms with E-state index in [1.54, 1.807) is 0 Å². The molecule has 29 heavy (non-hydrogen) atoms. The fourth-order valence-electron chi connectivity index (χ4n) is 5.41. The normalized spacial score (nSPS) is 33.6. The predicted octanol–water partition coefficient (Wildman–Crippen LogP) is 4.21. The highest BCUT2D eigenvalue weighted by atomic mass is 17.2. The Balaban J connectivity index is 1.73. The molecule has 1 heterocycles. The summed E-state index contributed by atoms with van der Waals surface area (Å²) >= 11 is 0. The lowest BCUT2D eigenvalue weighted by Gasteiger charge is -2.56. The molecule has 2 aliphatic carbocycles. The Bertz CT molecular complexity index is 533. The molecule has 1 aliphatic heterocycles. The second-order valence-electron chi connectivity index (χ2n) is 9.04. The van der Waals surface area contributed by atoms with Gasteiger partial charge in [-0.3, -0.25) is 15.4 Å². The van der Waals surface area contributed by atoms with Crippen LogP contribution in [0.1, 0.15) is 84.5 Å². The predicted molar refractivity (Wildman–Crippen MR) is 113 cm³/mol. The van der Waals surface area contributed by atoms with Gasteiger partial charge in [-0.15, -0.1) is 0 Å². The second kappa shape index (κ2) is 10.8. The van der Waals surface area contributed by atoms with Crippen LogP contribution in [-0.2, 0) is 19.3 Å². The number of hydrogen-bond acceptors (Lipinski definition) is 6. The highest BCUT2D eigenvalue weighted by molar-refractivity contribution is 5.71. The van der Waals surface area contributed by atoms with Gasteiger partial charge in [-0.05, 0) is 37.5 Å². The lowest BCUT2D eigenvalue weighted by Crippen LogP contribution is -2.74. The van der Waals surface area contributed by atoms with Crippen molar-refractivity contribution in [2.24, 2.45) is 11.8 Å². The van der Waals surface area contributed by atoms with Crippen molar-refractivity contribution in [3.05, 3.63) is 12.3 Å². The van der Waals surface area contributed by atoms with Crippen LogP contribution < -0.4 is 10.6 Å². The van der Waals surface area contributed by atoms with Gasteiger partial charge < -0.3 is 9.62 Å². The maximum Gasteiger partial charge on any atom is 0.309 e. The maximum atomic E-state index is 12.7. The Kier molecular flexibility index (Phi) is 8.39. The van der Waals surface area contributed by atoms with Crippen LogP contribution in [-0.4, -0.2) is 36.9 Å². The summed E-state index contributed by atoms with van der Waals surface area (Å²) in [6.45, 7) is 9.34. The van der Waals surface area contributed by atoms with Crippen molar-refractivity contribution >= 4 is 5.97 Å². The molecule has 2 N–H and O–H groups in total. The fourth-order valence-corrected chi connectivity index (χ4v) is 5.41. The van der Waals surface area contributed by atoms with Crippen molar-refractivity contribution in [1.29, 1.82) is 0 Å². The monoisotopic (exact) mass is 408 g/mol. The van der Waals surface area contributed by atoms with Crippen molar-refractivity contribution in [2.45, 2.75) is 102 Å². The smallest absolute Gasteiger partial charge is 0.309 e. The highest BCUT2D eigenvalue weighted by Crippen LogP contribution is 2.45. The zero-order chi connectivity index (χ0) is 20.7. The molecule has 2 saturated carbocycles. The molecule has 0 aromatic carbocycles. The molecule has 6 heteroatoms. The zero-order valence-electron chi connectivity index (χ0n) is 18.3. The summed E-state index contributed by atoms with van der Waals surface area (Å²) in [5, 5.41) is 7.49. The summed E-state index contributed by atoms with van der Waals surface area (Å²) in [5.74, 6) is 1.61. The van der Waals surface area contributed by atoms with E-state index in [9.17, 15) is 4.79 Å². The second-order valence-corrected chi connectivity index (χ2v) is 9.04. The third-order valence-electron chi connectivity index (χ3n) is 6.90. The third-order valence-corrected chi connectivity index (χ3v) is 6.90. The standard InChI is InChI=1S/C23H40N2O4/c1-4-6-14-27-21(26)16-23(17(3)29-28-15-7-5-2)24-19-12-8-10-18-11-9-13-20(25-23)22(18)19/h18-20,22,24-25H,3-16H2,1-2H3. The molecule has 3 rings (SSSR count).